The first kappa shape index (κ1) is 15.3. The van der Waals surface area contributed by atoms with E-state index in [9.17, 15) is 14.4 Å². The molecular weight excluding hydrogens is 284 g/mol. The van der Waals surface area contributed by atoms with Crippen LogP contribution in [0.15, 0.2) is 0 Å². The van der Waals surface area contributed by atoms with Crippen molar-refractivity contribution in [2.45, 2.75) is 37.8 Å². The van der Waals surface area contributed by atoms with Crippen LogP contribution in [0.4, 0.5) is 4.79 Å². The van der Waals surface area contributed by atoms with Crippen molar-refractivity contribution in [2.24, 2.45) is 5.92 Å². The molecule has 0 spiro atoms. The molecule has 0 radical (unpaired) electrons. The number of likely N-dealkylation sites (tertiary alicyclic amines) is 2. The zero-order chi connectivity index (χ0) is 16.1. The van der Waals surface area contributed by atoms with Gasteiger partial charge in [0.05, 0.1) is 6.04 Å². The van der Waals surface area contributed by atoms with Crippen LogP contribution in [0.25, 0.3) is 0 Å². The van der Waals surface area contributed by atoms with Crippen molar-refractivity contribution in [3.05, 3.63) is 0 Å². The van der Waals surface area contributed by atoms with E-state index >= 15 is 0 Å². The zero-order valence-corrected chi connectivity index (χ0v) is 13.5. The number of nitrogens with one attached hydrogen (secondary N) is 1. The molecule has 3 fully saturated rings. The first-order valence-corrected chi connectivity index (χ1v) is 7.94. The predicted molar refractivity (Wildman–Crippen MR) is 80.0 cm³/mol. The van der Waals surface area contributed by atoms with Crippen LogP contribution in [-0.2, 0) is 9.59 Å². The number of urea groups is 1. The van der Waals surface area contributed by atoms with Crippen LogP contribution in [0, 0.1) is 5.92 Å². The summed E-state index contributed by atoms with van der Waals surface area (Å²) in [6.45, 7) is 4.17. The Morgan fingerprint density at radius 3 is 2.41 bits per heavy atom. The molecule has 0 aromatic carbocycles. The van der Waals surface area contributed by atoms with Gasteiger partial charge < -0.3 is 10.2 Å². The van der Waals surface area contributed by atoms with Crippen molar-refractivity contribution in [3.8, 4) is 0 Å². The van der Waals surface area contributed by atoms with E-state index in [-0.39, 0.29) is 29.8 Å². The molecule has 0 saturated carbocycles. The fourth-order valence-electron chi connectivity index (χ4n) is 3.98. The van der Waals surface area contributed by atoms with Gasteiger partial charge in [0.1, 0.15) is 5.54 Å². The van der Waals surface area contributed by atoms with Crippen LogP contribution in [0.3, 0.4) is 0 Å². The Hall–Kier alpha value is -1.63. The quantitative estimate of drug-likeness (QED) is 0.721. The number of imide groups is 1. The molecule has 3 saturated heterocycles. The molecule has 7 heteroatoms. The molecule has 0 unspecified atom stereocenters. The lowest BCUT2D eigenvalue weighted by molar-refractivity contribution is -0.134. The number of hydrogen-bond acceptors (Lipinski definition) is 4. The molecule has 1 N–H and O–H groups in total. The second-order valence-electron chi connectivity index (χ2n) is 6.90. The van der Waals surface area contributed by atoms with Gasteiger partial charge in [0.2, 0.25) is 5.91 Å². The standard InChI is InChI=1S/C15H24N4O3/c1-15(13(21)18(3)14(22)16-15)10-5-4-7-19(9-10)11-6-8-17(2)12(11)20/h10-11H,4-9H2,1-3H3,(H,16,22)/t10-,11+,15+/m1/s1. The smallest absolute Gasteiger partial charge is 0.324 e. The van der Waals surface area contributed by atoms with Crippen molar-refractivity contribution in [1.82, 2.24) is 20.0 Å². The van der Waals surface area contributed by atoms with Crippen LogP contribution < -0.4 is 5.32 Å². The Bertz CT molecular complexity index is 523. The van der Waals surface area contributed by atoms with Crippen molar-refractivity contribution < 1.29 is 14.4 Å². The summed E-state index contributed by atoms with van der Waals surface area (Å²) in [4.78, 5) is 41.6. The SMILES string of the molecule is CN1CC[C@H](N2CCC[C@@H]([C@]3(C)NC(=O)N(C)C3=O)C2)C1=O. The lowest BCUT2D eigenvalue weighted by Crippen LogP contribution is -2.57. The third-order valence-corrected chi connectivity index (χ3v) is 5.53. The summed E-state index contributed by atoms with van der Waals surface area (Å²) in [5, 5.41) is 2.85. The molecule has 3 atom stereocenters. The highest BCUT2D eigenvalue weighted by Crippen LogP contribution is 2.33. The summed E-state index contributed by atoms with van der Waals surface area (Å²) in [5.41, 5.74) is -0.849. The van der Waals surface area contributed by atoms with Gasteiger partial charge in [-0.1, -0.05) is 0 Å². The van der Waals surface area contributed by atoms with Gasteiger partial charge in [0.25, 0.3) is 5.91 Å². The summed E-state index contributed by atoms with van der Waals surface area (Å²) in [6, 6.07) is -0.400. The second kappa shape index (κ2) is 5.22. The molecule has 3 aliphatic rings. The van der Waals surface area contributed by atoms with E-state index in [1.54, 1.807) is 4.90 Å². The van der Waals surface area contributed by atoms with E-state index in [0.717, 1.165) is 37.3 Å². The van der Waals surface area contributed by atoms with E-state index < -0.39 is 5.54 Å². The number of carbonyl (C=O) groups is 3. The third-order valence-electron chi connectivity index (χ3n) is 5.53. The Morgan fingerprint density at radius 1 is 1.14 bits per heavy atom. The van der Waals surface area contributed by atoms with Crippen LogP contribution >= 0.6 is 0 Å². The molecule has 0 aromatic heterocycles. The monoisotopic (exact) mass is 308 g/mol. The summed E-state index contributed by atoms with van der Waals surface area (Å²) < 4.78 is 0. The van der Waals surface area contributed by atoms with E-state index in [1.807, 2.05) is 14.0 Å². The van der Waals surface area contributed by atoms with Gasteiger partial charge in [-0.05, 0) is 32.7 Å². The van der Waals surface area contributed by atoms with Gasteiger partial charge in [-0.3, -0.25) is 19.4 Å². The van der Waals surface area contributed by atoms with Crippen LogP contribution in [-0.4, -0.2) is 77.9 Å². The average Bonchev–Trinajstić information content (AvgIpc) is 2.94. The number of hydrogen-bond donors (Lipinski definition) is 1. The zero-order valence-electron chi connectivity index (χ0n) is 13.5. The maximum atomic E-state index is 12.4. The minimum absolute atomic E-state index is 0.0429. The molecule has 7 nitrogen and oxygen atoms in total. The first-order chi connectivity index (χ1) is 10.3. The molecule has 3 heterocycles. The van der Waals surface area contributed by atoms with Crippen molar-refractivity contribution in [3.63, 3.8) is 0 Å². The lowest BCUT2D eigenvalue weighted by Gasteiger charge is -2.41. The first-order valence-electron chi connectivity index (χ1n) is 7.94. The number of piperidine rings is 1. The molecule has 4 amide bonds. The van der Waals surface area contributed by atoms with Gasteiger partial charge in [-0.15, -0.1) is 0 Å². The fraction of sp³-hybridized carbons (Fsp3) is 0.800. The topological polar surface area (TPSA) is 73.0 Å². The summed E-state index contributed by atoms with van der Waals surface area (Å²) in [5.74, 6) is 0.0466. The van der Waals surface area contributed by atoms with E-state index in [4.69, 9.17) is 0 Å². The highest BCUT2D eigenvalue weighted by Gasteiger charge is 2.52. The summed E-state index contributed by atoms with van der Waals surface area (Å²) >= 11 is 0. The minimum atomic E-state index is -0.849. The highest BCUT2D eigenvalue weighted by molar-refractivity contribution is 6.06. The van der Waals surface area contributed by atoms with E-state index in [1.165, 1.54) is 7.05 Å². The molecule has 0 aromatic rings. The number of nitrogens with zero attached hydrogens (tertiary/aromatic N) is 3. The third kappa shape index (κ3) is 2.18. The number of amides is 4. The molecule has 122 valence electrons. The Labute approximate surface area is 130 Å². The Kier molecular flexibility index (Phi) is 3.63. The van der Waals surface area contributed by atoms with Crippen LogP contribution in [0.2, 0.25) is 0 Å². The molecule has 3 aliphatic heterocycles. The number of carbonyl (C=O) groups excluding carboxylic acids is 3. The molecule has 0 aliphatic carbocycles. The van der Waals surface area contributed by atoms with Gasteiger partial charge in [0.15, 0.2) is 0 Å². The van der Waals surface area contributed by atoms with Gasteiger partial charge >= 0.3 is 6.03 Å². The lowest BCUT2D eigenvalue weighted by atomic mass is 9.79. The number of rotatable bonds is 2. The molecule has 3 rings (SSSR count). The highest BCUT2D eigenvalue weighted by atomic mass is 16.2. The molecule has 0 bridgehead atoms. The maximum absolute atomic E-state index is 12.4. The normalized spacial score (nSPS) is 37.1. The van der Waals surface area contributed by atoms with Crippen molar-refractivity contribution in [1.29, 1.82) is 0 Å². The summed E-state index contributed by atoms with van der Waals surface area (Å²) in [6.07, 6.45) is 2.68. The van der Waals surface area contributed by atoms with E-state index in [2.05, 4.69) is 10.2 Å². The van der Waals surface area contributed by atoms with Crippen molar-refractivity contribution in [2.75, 3.05) is 33.7 Å². The van der Waals surface area contributed by atoms with Crippen LogP contribution in [0.5, 0.6) is 0 Å². The van der Waals surface area contributed by atoms with E-state index in [0.29, 0.717) is 6.54 Å². The van der Waals surface area contributed by atoms with Gasteiger partial charge in [0, 0.05) is 33.1 Å². The Morgan fingerprint density at radius 2 is 1.86 bits per heavy atom. The minimum Gasteiger partial charge on any atom is -0.344 e. The largest absolute Gasteiger partial charge is 0.344 e. The average molecular weight is 308 g/mol. The predicted octanol–water partition coefficient (Wildman–Crippen LogP) is -0.131. The van der Waals surface area contributed by atoms with Crippen molar-refractivity contribution >= 4 is 17.8 Å². The van der Waals surface area contributed by atoms with Crippen LogP contribution in [0.1, 0.15) is 26.2 Å². The Balaban J connectivity index is 1.75. The van der Waals surface area contributed by atoms with Gasteiger partial charge in [-0.25, -0.2) is 4.79 Å². The fourth-order valence-corrected chi connectivity index (χ4v) is 3.98. The van der Waals surface area contributed by atoms with Gasteiger partial charge in [-0.2, -0.15) is 0 Å². The maximum Gasteiger partial charge on any atom is 0.324 e. The second-order valence-corrected chi connectivity index (χ2v) is 6.90. The molecular formula is C15H24N4O3. The summed E-state index contributed by atoms with van der Waals surface area (Å²) in [7, 11) is 3.35. The molecule has 22 heavy (non-hydrogen) atoms. The number of likely N-dealkylation sites (N-methyl/N-ethyl adjacent to an activating group) is 2.